The molecular weight excluding hydrogens is 285 g/mol. The van der Waals surface area contributed by atoms with E-state index >= 15 is 0 Å². The number of hydrogen-bond acceptors (Lipinski definition) is 2. The highest BCUT2D eigenvalue weighted by Gasteiger charge is 2.27. The first-order valence-corrected chi connectivity index (χ1v) is 7.12. The molecule has 6 heteroatoms. The van der Waals surface area contributed by atoms with Crippen molar-refractivity contribution < 1.29 is 4.79 Å². The molecule has 3 rings (SSSR count). The average molecular weight is 298 g/mol. The largest absolute Gasteiger partial charge is 0.354 e. The Balaban J connectivity index is 2.17. The summed E-state index contributed by atoms with van der Waals surface area (Å²) < 4.78 is 1.94. The lowest BCUT2D eigenvalue weighted by molar-refractivity contribution is -0.125. The van der Waals surface area contributed by atoms with E-state index in [1.54, 1.807) is 12.1 Å². The normalized spacial score (nSPS) is 19.7. The van der Waals surface area contributed by atoms with Crippen molar-refractivity contribution in [3.63, 3.8) is 0 Å². The highest BCUT2D eigenvalue weighted by molar-refractivity contribution is 6.31. The Morgan fingerprint density at radius 3 is 3.05 bits per heavy atom. The maximum absolute atomic E-state index is 12.0. The first-order valence-electron chi connectivity index (χ1n) is 6.21. The molecule has 2 heterocycles. The third kappa shape index (κ3) is 2.19. The zero-order valence-corrected chi connectivity index (χ0v) is 11.7. The molecule has 1 fully saturated rings. The molecule has 0 saturated carbocycles. The van der Waals surface area contributed by atoms with Crippen LogP contribution < -0.4 is 5.32 Å². The minimum atomic E-state index is -0.228. The van der Waals surface area contributed by atoms with Gasteiger partial charge in [0.2, 0.25) is 5.91 Å². The topological polar surface area (TPSA) is 46.9 Å². The summed E-state index contributed by atoms with van der Waals surface area (Å²) in [5, 5.41) is 3.52. The molecule has 1 aliphatic heterocycles. The maximum atomic E-state index is 12.0. The van der Waals surface area contributed by atoms with E-state index in [4.69, 9.17) is 23.2 Å². The summed E-state index contributed by atoms with van der Waals surface area (Å²) in [5.74, 6) is 1.02. The Hall–Kier alpha value is -1.26. The third-order valence-corrected chi connectivity index (χ3v) is 3.89. The molecule has 0 spiro atoms. The fraction of sp³-hybridized carbons (Fsp3) is 0.385. The number of nitrogens with zero attached hydrogens (tertiary/aromatic N) is 2. The molecule has 19 heavy (non-hydrogen) atoms. The number of piperidine rings is 1. The quantitative estimate of drug-likeness (QED) is 0.867. The molecule has 1 aromatic carbocycles. The first kappa shape index (κ1) is 12.8. The number of carbonyl (C=O) groups is 1. The van der Waals surface area contributed by atoms with Gasteiger partial charge in [0.05, 0.1) is 16.9 Å². The summed E-state index contributed by atoms with van der Waals surface area (Å²) in [6.07, 6.45) is 1.77. The Bertz CT molecular complexity index is 638. The lowest BCUT2D eigenvalue weighted by atomic mass is 10.1. The highest BCUT2D eigenvalue weighted by Crippen LogP contribution is 2.28. The molecule has 0 radical (unpaired) electrons. The molecule has 1 atom stereocenters. The number of imidazole rings is 1. The van der Waals surface area contributed by atoms with Crippen LogP contribution in [0.2, 0.25) is 5.02 Å². The van der Waals surface area contributed by atoms with E-state index < -0.39 is 0 Å². The Morgan fingerprint density at radius 2 is 2.32 bits per heavy atom. The predicted octanol–water partition coefficient (Wildman–Crippen LogP) is 2.88. The molecule has 0 bridgehead atoms. The zero-order chi connectivity index (χ0) is 13.4. The highest BCUT2D eigenvalue weighted by atomic mass is 35.5. The number of nitrogens with one attached hydrogen (secondary N) is 1. The van der Waals surface area contributed by atoms with Gasteiger partial charge in [-0.15, -0.1) is 11.6 Å². The van der Waals surface area contributed by atoms with Gasteiger partial charge in [-0.3, -0.25) is 4.79 Å². The maximum Gasteiger partial charge on any atom is 0.243 e. The van der Waals surface area contributed by atoms with Crippen LogP contribution in [0.3, 0.4) is 0 Å². The van der Waals surface area contributed by atoms with Gasteiger partial charge in [0.1, 0.15) is 11.9 Å². The minimum Gasteiger partial charge on any atom is -0.354 e. The number of hydrogen-bond donors (Lipinski definition) is 1. The van der Waals surface area contributed by atoms with Crippen molar-refractivity contribution in [1.29, 1.82) is 0 Å². The Morgan fingerprint density at radius 1 is 1.47 bits per heavy atom. The van der Waals surface area contributed by atoms with E-state index in [2.05, 4.69) is 10.3 Å². The van der Waals surface area contributed by atoms with Gasteiger partial charge in [0.15, 0.2) is 0 Å². The van der Waals surface area contributed by atoms with Crippen LogP contribution in [0.25, 0.3) is 11.0 Å². The third-order valence-electron chi connectivity index (χ3n) is 3.41. The van der Waals surface area contributed by atoms with E-state index in [0.29, 0.717) is 10.8 Å². The van der Waals surface area contributed by atoms with Gasteiger partial charge < -0.3 is 9.88 Å². The Kier molecular flexibility index (Phi) is 3.37. The lowest BCUT2D eigenvalue weighted by Gasteiger charge is -2.24. The number of fused-ring (bicyclic) bond motifs is 1. The second-order valence-corrected chi connectivity index (χ2v) is 5.32. The van der Waals surface area contributed by atoms with Crippen molar-refractivity contribution >= 4 is 40.1 Å². The molecule has 1 N–H and O–H groups in total. The summed E-state index contributed by atoms with van der Waals surface area (Å²) >= 11 is 11.9. The number of halogens is 2. The SMILES string of the molecule is O=C1NCCCC1n1c(CCl)nc2cc(Cl)ccc21. The zero-order valence-electron chi connectivity index (χ0n) is 10.2. The number of benzene rings is 1. The number of aromatic nitrogens is 2. The van der Waals surface area contributed by atoms with E-state index in [1.165, 1.54) is 0 Å². The van der Waals surface area contributed by atoms with Crippen LogP contribution in [0.5, 0.6) is 0 Å². The van der Waals surface area contributed by atoms with Crippen LogP contribution in [-0.2, 0) is 10.7 Å². The summed E-state index contributed by atoms with van der Waals surface area (Å²) in [7, 11) is 0. The molecule has 1 aliphatic rings. The van der Waals surface area contributed by atoms with E-state index in [0.717, 1.165) is 30.4 Å². The number of rotatable bonds is 2. The molecule has 100 valence electrons. The molecule has 4 nitrogen and oxygen atoms in total. The van der Waals surface area contributed by atoms with E-state index in [1.807, 2.05) is 10.6 Å². The van der Waals surface area contributed by atoms with Gasteiger partial charge >= 0.3 is 0 Å². The molecule has 2 aromatic rings. The van der Waals surface area contributed by atoms with Crippen LogP contribution in [0, 0.1) is 0 Å². The van der Waals surface area contributed by atoms with Gasteiger partial charge in [0.25, 0.3) is 0 Å². The van der Waals surface area contributed by atoms with Gasteiger partial charge in [-0.25, -0.2) is 4.98 Å². The number of alkyl halides is 1. The predicted molar refractivity (Wildman–Crippen MR) is 75.6 cm³/mol. The molecular formula is C13H13Cl2N3O. The fourth-order valence-corrected chi connectivity index (χ4v) is 2.92. The van der Waals surface area contributed by atoms with Crippen molar-refractivity contribution in [2.75, 3.05) is 6.54 Å². The molecule has 1 saturated heterocycles. The van der Waals surface area contributed by atoms with Crippen molar-refractivity contribution in [2.45, 2.75) is 24.8 Å². The molecule has 1 unspecified atom stereocenters. The van der Waals surface area contributed by atoms with Gasteiger partial charge in [0, 0.05) is 11.6 Å². The van der Waals surface area contributed by atoms with E-state index in [9.17, 15) is 4.79 Å². The van der Waals surface area contributed by atoms with Crippen molar-refractivity contribution in [1.82, 2.24) is 14.9 Å². The van der Waals surface area contributed by atoms with Gasteiger partial charge in [-0.1, -0.05) is 11.6 Å². The van der Waals surface area contributed by atoms with Gasteiger partial charge in [-0.05, 0) is 31.0 Å². The fourth-order valence-electron chi connectivity index (χ4n) is 2.57. The number of amides is 1. The average Bonchev–Trinajstić information content (AvgIpc) is 2.76. The van der Waals surface area contributed by atoms with Crippen LogP contribution in [-0.4, -0.2) is 22.0 Å². The van der Waals surface area contributed by atoms with Crippen molar-refractivity contribution in [3.05, 3.63) is 29.0 Å². The van der Waals surface area contributed by atoms with Gasteiger partial charge in [-0.2, -0.15) is 0 Å². The molecule has 1 amide bonds. The van der Waals surface area contributed by atoms with Crippen molar-refractivity contribution in [2.24, 2.45) is 0 Å². The molecule has 1 aromatic heterocycles. The summed E-state index contributed by atoms with van der Waals surface area (Å²) in [6.45, 7) is 0.740. The second kappa shape index (κ2) is 5.02. The monoisotopic (exact) mass is 297 g/mol. The lowest BCUT2D eigenvalue weighted by Crippen LogP contribution is -2.38. The van der Waals surface area contributed by atoms with Crippen molar-refractivity contribution in [3.8, 4) is 0 Å². The standard InChI is InChI=1S/C13H13Cl2N3O/c14-7-12-17-9-6-8(15)3-4-10(9)18(12)11-2-1-5-16-13(11)19/h3-4,6,11H,1-2,5,7H2,(H,16,19). The van der Waals surface area contributed by atoms with Crippen LogP contribution in [0.4, 0.5) is 0 Å². The van der Waals surface area contributed by atoms with Crippen LogP contribution in [0.1, 0.15) is 24.7 Å². The summed E-state index contributed by atoms with van der Waals surface area (Å²) in [6, 6.07) is 5.27. The Labute approximate surface area is 120 Å². The minimum absolute atomic E-state index is 0.0341. The smallest absolute Gasteiger partial charge is 0.243 e. The summed E-state index contributed by atoms with van der Waals surface area (Å²) in [5.41, 5.74) is 1.68. The number of carbonyl (C=O) groups excluding carboxylic acids is 1. The molecule has 0 aliphatic carbocycles. The van der Waals surface area contributed by atoms with Crippen LogP contribution in [0.15, 0.2) is 18.2 Å². The summed E-state index contributed by atoms with van der Waals surface area (Å²) in [4.78, 5) is 16.5. The van der Waals surface area contributed by atoms with E-state index in [-0.39, 0.29) is 17.8 Å². The van der Waals surface area contributed by atoms with Crippen LogP contribution >= 0.6 is 23.2 Å². The first-order chi connectivity index (χ1) is 9.20. The second-order valence-electron chi connectivity index (χ2n) is 4.61.